The van der Waals surface area contributed by atoms with Gasteiger partial charge in [-0.3, -0.25) is 19.7 Å². The number of anilines is 1. The number of benzene rings is 3. The van der Waals surface area contributed by atoms with Gasteiger partial charge in [-0.05, 0) is 42.0 Å². The fourth-order valence-electron chi connectivity index (χ4n) is 3.47. The highest BCUT2D eigenvalue weighted by Crippen LogP contribution is 2.32. The van der Waals surface area contributed by atoms with Crippen LogP contribution in [0.5, 0.6) is 0 Å². The van der Waals surface area contributed by atoms with Crippen molar-refractivity contribution in [3.63, 3.8) is 0 Å². The smallest absolute Gasteiger partial charge is 0.269 e. The Kier molecular flexibility index (Phi) is 5.69. The fraction of sp³-hybridized carbons (Fsp3) is 0.0435. The molecule has 0 atom stereocenters. The number of amides is 1. The molecule has 4 rings (SSSR count). The summed E-state index contributed by atoms with van der Waals surface area (Å²) in [7, 11) is 1.73. The van der Waals surface area contributed by atoms with Gasteiger partial charge in [0.25, 0.3) is 11.6 Å². The lowest BCUT2D eigenvalue weighted by Crippen LogP contribution is -2.21. The van der Waals surface area contributed by atoms with Crippen molar-refractivity contribution in [3.8, 4) is 11.1 Å². The van der Waals surface area contributed by atoms with Gasteiger partial charge in [0.1, 0.15) is 5.82 Å². The summed E-state index contributed by atoms with van der Waals surface area (Å²) in [6.45, 7) is 0. The molecule has 1 aromatic heterocycles. The number of carbonyl (C=O) groups excluding carboxylic acids is 1. The van der Waals surface area contributed by atoms with E-state index in [9.17, 15) is 19.7 Å². The van der Waals surface area contributed by atoms with Gasteiger partial charge in [0.15, 0.2) is 5.43 Å². The number of nitro benzene ring substituents is 1. The van der Waals surface area contributed by atoms with Crippen LogP contribution < -0.4 is 10.7 Å². The monoisotopic (exact) mass is 467 g/mol. The Hall–Kier alpha value is -3.68. The Labute approximate surface area is 192 Å². The SMILES string of the molecule is Cn1c(NC(=O)c2ccc([N+](=O)[O-])cc2)c(-c2ccc(Cl)c(Cl)c2)c(=O)c2ccccc21. The van der Waals surface area contributed by atoms with Crippen molar-refractivity contribution < 1.29 is 9.72 Å². The summed E-state index contributed by atoms with van der Waals surface area (Å²) in [6, 6.07) is 17.0. The van der Waals surface area contributed by atoms with Crippen LogP contribution in [0.2, 0.25) is 10.0 Å². The second kappa shape index (κ2) is 8.45. The zero-order valence-electron chi connectivity index (χ0n) is 16.6. The van der Waals surface area contributed by atoms with Gasteiger partial charge in [-0.25, -0.2) is 0 Å². The number of carbonyl (C=O) groups is 1. The summed E-state index contributed by atoms with van der Waals surface area (Å²) >= 11 is 12.2. The Morgan fingerprint density at radius 3 is 2.34 bits per heavy atom. The molecule has 0 saturated carbocycles. The van der Waals surface area contributed by atoms with Gasteiger partial charge in [0, 0.05) is 30.1 Å². The number of hydrogen-bond donors (Lipinski definition) is 1. The second-order valence-electron chi connectivity index (χ2n) is 7.02. The average molecular weight is 468 g/mol. The molecule has 0 bridgehead atoms. The number of rotatable bonds is 4. The summed E-state index contributed by atoms with van der Waals surface area (Å²) in [6.07, 6.45) is 0. The van der Waals surface area contributed by atoms with Crippen molar-refractivity contribution in [2.75, 3.05) is 5.32 Å². The third-order valence-electron chi connectivity index (χ3n) is 5.09. The number of halogens is 2. The number of nitrogens with zero attached hydrogens (tertiary/aromatic N) is 2. The molecule has 0 fully saturated rings. The van der Waals surface area contributed by atoms with Crippen molar-refractivity contribution in [2.24, 2.45) is 7.05 Å². The Bertz CT molecular complexity index is 1450. The molecule has 32 heavy (non-hydrogen) atoms. The van der Waals surface area contributed by atoms with Gasteiger partial charge >= 0.3 is 0 Å². The molecule has 0 unspecified atom stereocenters. The van der Waals surface area contributed by atoms with E-state index in [1.165, 1.54) is 24.3 Å². The first-order valence-electron chi connectivity index (χ1n) is 9.41. The van der Waals surface area contributed by atoms with E-state index >= 15 is 0 Å². The highest BCUT2D eigenvalue weighted by atomic mass is 35.5. The second-order valence-corrected chi connectivity index (χ2v) is 7.83. The number of fused-ring (bicyclic) bond motifs is 1. The third-order valence-corrected chi connectivity index (χ3v) is 5.83. The first kappa shape index (κ1) is 21.5. The minimum absolute atomic E-state index is 0.129. The van der Waals surface area contributed by atoms with Crippen LogP contribution in [0, 0.1) is 10.1 Å². The number of nitro groups is 1. The molecule has 1 heterocycles. The largest absolute Gasteiger partial charge is 0.330 e. The molecule has 0 aliphatic heterocycles. The van der Waals surface area contributed by atoms with Crippen molar-refractivity contribution in [3.05, 3.63) is 103 Å². The maximum atomic E-state index is 13.4. The van der Waals surface area contributed by atoms with E-state index in [1.807, 2.05) is 0 Å². The van der Waals surface area contributed by atoms with Crippen LogP contribution in [0.4, 0.5) is 11.5 Å². The van der Waals surface area contributed by atoms with Crippen molar-refractivity contribution in [1.29, 1.82) is 0 Å². The number of aryl methyl sites for hydroxylation is 1. The van der Waals surface area contributed by atoms with E-state index < -0.39 is 10.8 Å². The van der Waals surface area contributed by atoms with Gasteiger partial charge in [0.05, 0.1) is 26.0 Å². The number of para-hydroxylation sites is 1. The van der Waals surface area contributed by atoms with Crippen LogP contribution in [0.15, 0.2) is 71.5 Å². The lowest BCUT2D eigenvalue weighted by atomic mass is 10.0. The molecule has 0 spiro atoms. The third kappa shape index (κ3) is 3.84. The molecular weight excluding hydrogens is 453 g/mol. The minimum Gasteiger partial charge on any atom is -0.330 e. The molecule has 1 N–H and O–H groups in total. The summed E-state index contributed by atoms with van der Waals surface area (Å²) in [4.78, 5) is 36.7. The predicted molar refractivity (Wildman–Crippen MR) is 126 cm³/mol. The van der Waals surface area contributed by atoms with E-state index in [0.29, 0.717) is 21.5 Å². The van der Waals surface area contributed by atoms with E-state index in [0.717, 1.165) is 0 Å². The zero-order chi connectivity index (χ0) is 23.0. The topological polar surface area (TPSA) is 94.2 Å². The van der Waals surface area contributed by atoms with Gasteiger partial charge < -0.3 is 9.88 Å². The standard InChI is InChI=1S/C23H15Cl2N3O4/c1-27-19-5-3-2-4-16(19)21(29)20(14-8-11-17(24)18(25)12-14)22(27)26-23(30)13-6-9-15(10-7-13)28(31)32/h2-12H,1H3,(H,26,30). The molecule has 0 aliphatic rings. The van der Waals surface area contributed by atoms with Crippen LogP contribution in [0.3, 0.4) is 0 Å². The molecule has 0 aliphatic carbocycles. The van der Waals surface area contributed by atoms with E-state index in [-0.39, 0.29) is 33.1 Å². The first-order chi connectivity index (χ1) is 15.3. The molecular formula is C23H15Cl2N3O4. The Morgan fingerprint density at radius 1 is 1.00 bits per heavy atom. The molecule has 3 aromatic carbocycles. The first-order valence-corrected chi connectivity index (χ1v) is 10.2. The van der Waals surface area contributed by atoms with E-state index in [2.05, 4.69) is 5.32 Å². The van der Waals surface area contributed by atoms with Gasteiger partial charge in [-0.15, -0.1) is 0 Å². The van der Waals surface area contributed by atoms with Gasteiger partial charge in [-0.1, -0.05) is 41.4 Å². The summed E-state index contributed by atoms with van der Waals surface area (Å²) < 4.78 is 1.71. The number of nitrogens with one attached hydrogen (secondary N) is 1. The number of aromatic nitrogens is 1. The van der Waals surface area contributed by atoms with E-state index in [1.54, 1.807) is 54.1 Å². The molecule has 160 valence electrons. The lowest BCUT2D eigenvalue weighted by Gasteiger charge is -2.18. The van der Waals surface area contributed by atoms with Crippen molar-refractivity contribution >= 4 is 51.5 Å². The maximum Gasteiger partial charge on any atom is 0.269 e. The van der Waals surface area contributed by atoms with E-state index in [4.69, 9.17) is 23.2 Å². The van der Waals surface area contributed by atoms with Gasteiger partial charge in [-0.2, -0.15) is 0 Å². The van der Waals surface area contributed by atoms with Gasteiger partial charge in [0.2, 0.25) is 0 Å². The van der Waals surface area contributed by atoms with Crippen molar-refractivity contribution in [1.82, 2.24) is 4.57 Å². The lowest BCUT2D eigenvalue weighted by molar-refractivity contribution is -0.384. The summed E-state index contributed by atoms with van der Waals surface area (Å²) in [5, 5.41) is 14.8. The quantitative estimate of drug-likeness (QED) is 0.308. The number of non-ortho nitro benzene ring substituents is 1. The molecule has 0 radical (unpaired) electrons. The maximum absolute atomic E-state index is 13.4. The average Bonchev–Trinajstić information content (AvgIpc) is 2.79. The summed E-state index contributed by atoms with van der Waals surface area (Å²) in [5.74, 6) is -0.262. The molecule has 9 heteroatoms. The van der Waals surface area contributed by atoms with Crippen LogP contribution in [0.25, 0.3) is 22.0 Å². The molecule has 7 nitrogen and oxygen atoms in total. The fourth-order valence-corrected chi connectivity index (χ4v) is 3.77. The molecule has 0 saturated heterocycles. The van der Waals surface area contributed by atoms with Crippen molar-refractivity contribution in [2.45, 2.75) is 0 Å². The highest BCUT2D eigenvalue weighted by molar-refractivity contribution is 6.42. The summed E-state index contributed by atoms with van der Waals surface area (Å²) in [5.41, 5.74) is 1.16. The zero-order valence-corrected chi connectivity index (χ0v) is 18.1. The van der Waals surface area contributed by atoms with Crippen LogP contribution in [0.1, 0.15) is 10.4 Å². The van der Waals surface area contributed by atoms with Crippen LogP contribution >= 0.6 is 23.2 Å². The predicted octanol–water partition coefficient (Wildman–Crippen LogP) is 5.67. The van der Waals surface area contributed by atoms with Crippen LogP contribution in [-0.2, 0) is 7.05 Å². The normalized spacial score (nSPS) is 10.8. The number of pyridine rings is 1. The number of hydrogen-bond acceptors (Lipinski definition) is 4. The Balaban J connectivity index is 1.90. The molecule has 1 amide bonds. The Morgan fingerprint density at radius 2 is 1.69 bits per heavy atom. The molecule has 4 aromatic rings. The highest BCUT2D eigenvalue weighted by Gasteiger charge is 2.20. The minimum atomic E-state index is -0.545. The van der Waals surface area contributed by atoms with Crippen LogP contribution in [-0.4, -0.2) is 15.4 Å².